The molecule has 0 aliphatic rings. The lowest BCUT2D eigenvalue weighted by Crippen LogP contribution is -2.29. The Kier molecular flexibility index (Phi) is 4.29. The van der Waals surface area contributed by atoms with Crippen molar-refractivity contribution in [2.24, 2.45) is 5.84 Å². The van der Waals surface area contributed by atoms with Gasteiger partial charge >= 0.3 is 0 Å². The number of hydrogen-bond donors (Lipinski definition) is 2. The van der Waals surface area contributed by atoms with Crippen molar-refractivity contribution in [2.75, 3.05) is 0 Å². The first-order valence-electron chi connectivity index (χ1n) is 5.25. The molecule has 6 heteroatoms. The van der Waals surface area contributed by atoms with Gasteiger partial charge in [-0.2, -0.15) is 0 Å². The van der Waals surface area contributed by atoms with Crippen LogP contribution in [0.5, 0.6) is 0 Å². The van der Waals surface area contributed by atoms with E-state index in [-0.39, 0.29) is 6.04 Å². The summed E-state index contributed by atoms with van der Waals surface area (Å²) in [5.41, 5.74) is 3.17. The quantitative estimate of drug-likeness (QED) is 0.668. The van der Waals surface area contributed by atoms with E-state index >= 15 is 0 Å². The lowest BCUT2D eigenvalue weighted by molar-refractivity contribution is 0.546. The van der Waals surface area contributed by atoms with Gasteiger partial charge in [-0.1, -0.05) is 11.6 Å². The summed E-state index contributed by atoms with van der Waals surface area (Å²) in [5, 5.41) is 0. The van der Waals surface area contributed by atoms with Gasteiger partial charge in [0.15, 0.2) is 0 Å². The third-order valence-corrected chi connectivity index (χ3v) is 3.85. The summed E-state index contributed by atoms with van der Waals surface area (Å²) < 4.78 is 26.8. The molecule has 0 aliphatic carbocycles. The molecule has 0 saturated heterocycles. The fraction of sp³-hybridized carbons (Fsp3) is 0.167. The third-order valence-electron chi connectivity index (χ3n) is 2.50. The van der Waals surface area contributed by atoms with Gasteiger partial charge in [0, 0.05) is 10.9 Å². The van der Waals surface area contributed by atoms with Crippen molar-refractivity contribution >= 4 is 22.9 Å². The molecule has 0 spiro atoms. The molecule has 1 aromatic heterocycles. The molecule has 2 nitrogen and oxygen atoms in total. The normalized spacial score (nSPS) is 12.7. The second kappa shape index (κ2) is 5.75. The Balaban J connectivity index is 2.20. The predicted octanol–water partition coefficient (Wildman–Crippen LogP) is 3.43. The topological polar surface area (TPSA) is 38.0 Å². The van der Waals surface area contributed by atoms with Crippen molar-refractivity contribution in [3.8, 4) is 0 Å². The summed E-state index contributed by atoms with van der Waals surface area (Å²) in [6.07, 6.45) is 0.391. The smallest absolute Gasteiger partial charge is 0.126 e. The molecule has 18 heavy (non-hydrogen) atoms. The van der Waals surface area contributed by atoms with Crippen molar-refractivity contribution in [1.82, 2.24) is 5.43 Å². The maximum Gasteiger partial charge on any atom is 0.126 e. The molecule has 0 amide bonds. The fourth-order valence-corrected chi connectivity index (χ4v) is 2.84. The van der Waals surface area contributed by atoms with Gasteiger partial charge in [-0.15, -0.1) is 11.3 Å². The average Bonchev–Trinajstić information content (AvgIpc) is 2.71. The van der Waals surface area contributed by atoms with E-state index in [1.54, 1.807) is 6.07 Å². The van der Waals surface area contributed by atoms with E-state index in [2.05, 4.69) is 5.43 Å². The first kappa shape index (κ1) is 13.4. The minimum atomic E-state index is -0.593. The van der Waals surface area contributed by atoms with E-state index in [0.717, 1.165) is 10.9 Å². The molecule has 0 bridgehead atoms. The van der Waals surface area contributed by atoms with Crippen LogP contribution in [0.3, 0.4) is 0 Å². The molecule has 0 radical (unpaired) electrons. The molecule has 0 aliphatic heterocycles. The van der Waals surface area contributed by atoms with Gasteiger partial charge in [0.05, 0.1) is 10.4 Å². The highest BCUT2D eigenvalue weighted by molar-refractivity contribution is 7.16. The highest BCUT2D eigenvalue weighted by atomic mass is 35.5. The molecule has 1 heterocycles. The van der Waals surface area contributed by atoms with E-state index in [1.165, 1.54) is 23.5 Å². The number of halogens is 3. The average molecular weight is 289 g/mol. The van der Waals surface area contributed by atoms with Crippen LogP contribution in [0.15, 0.2) is 30.3 Å². The zero-order chi connectivity index (χ0) is 13.1. The maximum absolute atomic E-state index is 13.1. The van der Waals surface area contributed by atoms with Crippen molar-refractivity contribution in [3.63, 3.8) is 0 Å². The van der Waals surface area contributed by atoms with Gasteiger partial charge in [0.1, 0.15) is 11.6 Å². The second-order valence-corrected chi connectivity index (χ2v) is 5.59. The van der Waals surface area contributed by atoms with E-state index in [4.69, 9.17) is 17.4 Å². The van der Waals surface area contributed by atoms with Crippen LogP contribution < -0.4 is 11.3 Å². The second-order valence-electron chi connectivity index (χ2n) is 3.84. The Morgan fingerprint density at radius 1 is 1.22 bits per heavy atom. The summed E-state index contributed by atoms with van der Waals surface area (Å²) in [5.74, 6) is 4.28. The standard InChI is InChI=1S/C12H11ClF2N2S/c13-12-2-1-11(18-12)10(17-16)5-7-3-8(14)6-9(15)4-7/h1-4,6,10,17H,5,16H2. The third kappa shape index (κ3) is 3.26. The molecule has 2 rings (SSSR count). The molecule has 3 N–H and O–H groups in total. The van der Waals surface area contributed by atoms with E-state index in [9.17, 15) is 8.78 Å². The number of nitrogens with one attached hydrogen (secondary N) is 1. The van der Waals surface area contributed by atoms with Gasteiger partial charge in [-0.25, -0.2) is 8.78 Å². The summed E-state index contributed by atoms with van der Waals surface area (Å²) in [6.45, 7) is 0. The molecular formula is C12H11ClF2N2S. The van der Waals surface area contributed by atoms with Crippen molar-refractivity contribution < 1.29 is 8.78 Å². The van der Waals surface area contributed by atoms with Gasteiger partial charge < -0.3 is 0 Å². The lowest BCUT2D eigenvalue weighted by atomic mass is 10.0. The van der Waals surface area contributed by atoms with Gasteiger partial charge in [-0.3, -0.25) is 11.3 Å². The first-order valence-corrected chi connectivity index (χ1v) is 6.44. The SMILES string of the molecule is NNC(Cc1cc(F)cc(F)c1)c1ccc(Cl)s1. The molecule has 96 valence electrons. The van der Waals surface area contributed by atoms with Crippen LogP contribution >= 0.6 is 22.9 Å². The summed E-state index contributed by atoms with van der Waals surface area (Å²) in [4.78, 5) is 0.923. The highest BCUT2D eigenvalue weighted by Gasteiger charge is 2.14. The van der Waals surface area contributed by atoms with Crippen molar-refractivity contribution in [1.29, 1.82) is 0 Å². The van der Waals surface area contributed by atoms with E-state index in [0.29, 0.717) is 16.3 Å². The van der Waals surface area contributed by atoms with Crippen LogP contribution in [0.25, 0.3) is 0 Å². The summed E-state index contributed by atoms with van der Waals surface area (Å²) in [7, 11) is 0. The van der Waals surface area contributed by atoms with Crippen LogP contribution in [0.4, 0.5) is 8.78 Å². The molecule has 0 fully saturated rings. The monoisotopic (exact) mass is 288 g/mol. The maximum atomic E-state index is 13.1. The zero-order valence-electron chi connectivity index (χ0n) is 9.29. The van der Waals surface area contributed by atoms with Gasteiger partial charge in [-0.05, 0) is 36.2 Å². The van der Waals surface area contributed by atoms with Crippen LogP contribution in [0.2, 0.25) is 4.34 Å². The molecule has 2 aromatic rings. The Bertz CT molecular complexity index is 524. The largest absolute Gasteiger partial charge is 0.271 e. The highest BCUT2D eigenvalue weighted by Crippen LogP contribution is 2.28. The van der Waals surface area contributed by atoms with E-state index < -0.39 is 11.6 Å². The minimum absolute atomic E-state index is 0.219. The summed E-state index contributed by atoms with van der Waals surface area (Å²) >= 11 is 7.23. The number of hydrazine groups is 1. The van der Waals surface area contributed by atoms with Crippen molar-refractivity contribution in [2.45, 2.75) is 12.5 Å². The number of benzene rings is 1. The van der Waals surface area contributed by atoms with Gasteiger partial charge in [0.25, 0.3) is 0 Å². The molecule has 1 aromatic carbocycles. The lowest BCUT2D eigenvalue weighted by Gasteiger charge is -2.14. The molecular weight excluding hydrogens is 278 g/mol. The first-order chi connectivity index (χ1) is 8.58. The molecule has 0 saturated carbocycles. The minimum Gasteiger partial charge on any atom is -0.271 e. The Morgan fingerprint density at radius 3 is 2.39 bits per heavy atom. The number of nitrogens with two attached hydrogens (primary N) is 1. The van der Waals surface area contributed by atoms with Crippen LogP contribution in [-0.4, -0.2) is 0 Å². The Morgan fingerprint density at radius 2 is 1.89 bits per heavy atom. The molecule has 1 atom stereocenters. The van der Waals surface area contributed by atoms with Gasteiger partial charge in [0.2, 0.25) is 0 Å². The van der Waals surface area contributed by atoms with Crippen LogP contribution in [0, 0.1) is 11.6 Å². The van der Waals surface area contributed by atoms with Crippen molar-refractivity contribution in [3.05, 3.63) is 56.7 Å². The number of thiophene rings is 1. The zero-order valence-corrected chi connectivity index (χ0v) is 10.9. The fourth-order valence-electron chi connectivity index (χ4n) is 1.72. The Labute approximate surface area is 112 Å². The Hall–Kier alpha value is -1.01. The number of hydrogen-bond acceptors (Lipinski definition) is 3. The summed E-state index contributed by atoms with van der Waals surface area (Å²) in [6, 6.07) is 6.82. The van der Waals surface area contributed by atoms with Crippen LogP contribution in [-0.2, 0) is 6.42 Å². The number of rotatable bonds is 4. The van der Waals surface area contributed by atoms with Crippen LogP contribution in [0.1, 0.15) is 16.5 Å². The van der Waals surface area contributed by atoms with E-state index in [1.807, 2.05) is 6.07 Å². The predicted molar refractivity (Wildman–Crippen MR) is 69.5 cm³/mol. The molecule has 1 unspecified atom stereocenters.